The third kappa shape index (κ3) is 3.09. The number of carbonyl (C=O) groups excluding carboxylic acids is 1. The van der Waals surface area contributed by atoms with Gasteiger partial charge in [0.25, 0.3) is 0 Å². The lowest BCUT2D eigenvalue weighted by Crippen LogP contribution is -2.31. The van der Waals surface area contributed by atoms with Gasteiger partial charge in [-0.25, -0.2) is 9.18 Å². The highest BCUT2D eigenvalue weighted by atomic mass is 35.5. The van der Waals surface area contributed by atoms with Crippen LogP contribution in [-0.4, -0.2) is 32.8 Å². The van der Waals surface area contributed by atoms with E-state index in [0.717, 1.165) is 6.42 Å². The minimum Gasteiger partial charge on any atom is -0.463 e. The number of fused-ring (bicyclic) bond motifs is 1. The van der Waals surface area contributed by atoms with E-state index in [9.17, 15) is 9.18 Å². The van der Waals surface area contributed by atoms with Gasteiger partial charge in [-0.15, -0.1) is 0 Å². The molecule has 1 aromatic heterocycles. The second kappa shape index (κ2) is 7.18. The molecule has 0 aliphatic carbocycles. The second-order valence-corrected chi connectivity index (χ2v) is 5.89. The Kier molecular flexibility index (Phi) is 4.98. The monoisotopic (exact) mass is 365 g/mol. The summed E-state index contributed by atoms with van der Waals surface area (Å²) >= 11 is 5.94. The van der Waals surface area contributed by atoms with Gasteiger partial charge in [0.2, 0.25) is 5.95 Å². The van der Waals surface area contributed by atoms with E-state index in [2.05, 4.69) is 20.8 Å². The summed E-state index contributed by atoms with van der Waals surface area (Å²) in [6.07, 6.45) is 1.34. The maximum absolute atomic E-state index is 14.7. The fourth-order valence-corrected chi connectivity index (χ4v) is 3.03. The molecule has 25 heavy (non-hydrogen) atoms. The van der Waals surface area contributed by atoms with E-state index >= 15 is 0 Å². The molecule has 0 radical (unpaired) electrons. The first-order valence-electron chi connectivity index (χ1n) is 7.97. The van der Waals surface area contributed by atoms with E-state index in [1.54, 1.807) is 19.1 Å². The van der Waals surface area contributed by atoms with Crippen LogP contribution in [0.5, 0.6) is 0 Å². The van der Waals surface area contributed by atoms with Crippen molar-refractivity contribution >= 4 is 23.5 Å². The number of carbonyl (C=O) groups is 1. The number of rotatable bonds is 5. The number of halogens is 2. The highest BCUT2D eigenvalue weighted by Gasteiger charge is 2.37. The minimum absolute atomic E-state index is 0.0362. The number of anilines is 1. The van der Waals surface area contributed by atoms with Gasteiger partial charge in [0.1, 0.15) is 11.9 Å². The number of benzene rings is 1. The van der Waals surface area contributed by atoms with Gasteiger partial charge in [0, 0.05) is 11.3 Å². The number of nitrogens with one attached hydrogen (secondary N) is 1. The van der Waals surface area contributed by atoms with E-state index in [0.29, 0.717) is 18.1 Å². The van der Waals surface area contributed by atoms with Crippen LogP contribution in [0.3, 0.4) is 0 Å². The Morgan fingerprint density at radius 1 is 1.44 bits per heavy atom. The Balaban J connectivity index is 2.23. The summed E-state index contributed by atoms with van der Waals surface area (Å²) in [5.74, 6) is -0.819. The molecule has 132 valence electrons. The van der Waals surface area contributed by atoms with Crippen LogP contribution in [0, 0.1) is 5.82 Å². The molecule has 1 aliphatic heterocycles. The number of hydrogen-bond donors (Lipinski definition) is 1. The van der Waals surface area contributed by atoms with Crippen molar-refractivity contribution in [2.75, 3.05) is 11.9 Å². The average molecular weight is 366 g/mol. The first-order valence-corrected chi connectivity index (χ1v) is 8.35. The Labute approximate surface area is 148 Å². The summed E-state index contributed by atoms with van der Waals surface area (Å²) in [7, 11) is 0. The maximum Gasteiger partial charge on any atom is 0.338 e. The van der Waals surface area contributed by atoms with E-state index < -0.39 is 17.8 Å². The molecule has 7 nitrogen and oxygen atoms in total. The van der Waals surface area contributed by atoms with Crippen LogP contribution in [0.2, 0.25) is 5.02 Å². The topological polar surface area (TPSA) is 81.9 Å². The van der Waals surface area contributed by atoms with Crippen molar-refractivity contribution in [2.45, 2.75) is 32.7 Å². The van der Waals surface area contributed by atoms with Crippen LogP contribution in [0.15, 0.2) is 29.5 Å². The number of hydrogen-bond acceptors (Lipinski definition) is 6. The second-order valence-electron chi connectivity index (χ2n) is 5.48. The van der Waals surface area contributed by atoms with Crippen LogP contribution in [0.4, 0.5) is 10.3 Å². The van der Waals surface area contributed by atoms with Crippen LogP contribution in [0.25, 0.3) is 0 Å². The van der Waals surface area contributed by atoms with Gasteiger partial charge in [-0.1, -0.05) is 42.2 Å². The zero-order valence-electron chi connectivity index (χ0n) is 13.8. The van der Waals surface area contributed by atoms with Crippen molar-refractivity contribution < 1.29 is 13.9 Å². The standard InChI is InChI=1S/C16H17ClFN5O2/c1-3-6-11-12(15(24)25-4-2)14(23-16(19-11)20-21-22-23)9-7-5-8-10(17)13(9)18/h5,7-8,14H,3-4,6H2,1-2H3,(H,19,20,22). The Hall–Kier alpha value is -2.48. The molecular formula is C16H17ClFN5O2. The van der Waals surface area contributed by atoms with E-state index in [1.807, 2.05) is 6.92 Å². The zero-order valence-corrected chi connectivity index (χ0v) is 14.5. The van der Waals surface area contributed by atoms with Gasteiger partial charge >= 0.3 is 5.97 Å². The highest BCUT2D eigenvalue weighted by Crippen LogP contribution is 2.38. The van der Waals surface area contributed by atoms with Gasteiger partial charge in [0.05, 0.1) is 17.2 Å². The molecule has 1 atom stereocenters. The summed E-state index contributed by atoms with van der Waals surface area (Å²) in [5, 5.41) is 14.5. The van der Waals surface area contributed by atoms with E-state index in [1.165, 1.54) is 10.7 Å². The van der Waals surface area contributed by atoms with Gasteiger partial charge in [0.15, 0.2) is 0 Å². The molecule has 3 rings (SSSR count). The molecule has 2 heterocycles. The van der Waals surface area contributed by atoms with Crippen molar-refractivity contribution in [3.63, 3.8) is 0 Å². The van der Waals surface area contributed by atoms with Crippen LogP contribution >= 0.6 is 11.6 Å². The summed E-state index contributed by atoms with van der Waals surface area (Å²) in [6.45, 7) is 3.89. The van der Waals surface area contributed by atoms with E-state index in [4.69, 9.17) is 16.3 Å². The number of tetrazole rings is 1. The van der Waals surface area contributed by atoms with Gasteiger partial charge in [-0.05, 0) is 29.8 Å². The predicted octanol–water partition coefficient (Wildman–Crippen LogP) is 3.10. The fraction of sp³-hybridized carbons (Fsp3) is 0.375. The SMILES string of the molecule is CCCC1=C(C(=O)OCC)C(c2cccc(Cl)c2F)n2nnnc2N1. The summed E-state index contributed by atoms with van der Waals surface area (Å²) in [4.78, 5) is 12.6. The number of nitrogens with zero attached hydrogens (tertiary/aromatic N) is 4. The molecule has 1 unspecified atom stereocenters. The lowest BCUT2D eigenvalue weighted by Gasteiger charge is -2.28. The maximum atomic E-state index is 14.7. The molecule has 2 aromatic rings. The molecule has 0 saturated heterocycles. The highest BCUT2D eigenvalue weighted by molar-refractivity contribution is 6.30. The van der Waals surface area contributed by atoms with Crippen LogP contribution in [0.1, 0.15) is 38.3 Å². The average Bonchev–Trinajstić information content (AvgIpc) is 3.05. The number of ether oxygens (including phenoxy) is 1. The zero-order chi connectivity index (χ0) is 18.0. The minimum atomic E-state index is -0.856. The van der Waals surface area contributed by atoms with Crippen molar-refractivity contribution in [1.82, 2.24) is 20.2 Å². The Morgan fingerprint density at radius 2 is 2.24 bits per heavy atom. The molecule has 0 amide bonds. The van der Waals surface area contributed by atoms with Gasteiger partial charge in [-0.3, -0.25) is 0 Å². The van der Waals surface area contributed by atoms with Crippen LogP contribution < -0.4 is 5.32 Å². The molecule has 0 saturated carbocycles. The molecule has 1 aliphatic rings. The molecule has 9 heteroatoms. The normalized spacial score (nSPS) is 16.4. The molecular weight excluding hydrogens is 349 g/mol. The summed E-state index contributed by atoms with van der Waals surface area (Å²) in [5.41, 5.74) is 1.11. The number of aromatic nitrogens is 4. The molecule has 0 spiro atoms. The van der Waals surface area contributed by atoms with Crippen molar-refractivity contribution in [1.29, 1.82) is 0 Å². The van der Waals surface area contributed by atoms with Crippen molar-refractivity contribution in [2.24, 2.45) is 0 Å². The fourth-order valence-electron chi connectivity index (χ4n) is 2.85. The van der Waals surface area contributed by atoms with Crippen LogP contribution in [-0.2, 0) is 9.53 Å². The quantitative estimate of drug-likeness (QED) is 0.820. The smallest absolute Gasteiger partial charge is 0.338 e. The lowest BCUT2D eigenvalue weighted by atomic mass is 9.93. The Morgan fingerprint density at radius 3 is 2.96 bits per heavy atom. The molecule has 1 N–H and O–H groups in total. The third-order valence-electron chi connectivity index (χ3n) is 3.87. The summed E-state index contributed by atoms with van der Waals surface area (Å²) in [6, 6.07) is 3.77. The number of allylic oxidation sites excluding steroid dienone is 1. The van der Waals surface area contributed by atoms with Gasteiger partial charge in [-0.2, -0.15) is 4.68 Å². The molecule has 1 aromatic carbocycles. The first kappa shape index (κ1) is 17.3. The van der Waals surface area contributed by atoms with Gasteiger partial charge < -0.3 is 10.1 Å². The molecule has 0 fully saturated rings. The lowest BCUT2D eigenvalue weighted by molar-refractivity contribution is -0.139. The van der Waals surface area contributed by atoms with Crippen molar-refractivity contribution in [3.8, 4) is 0 Å². The first-order chi connectivity index (χ1) is 12.1. The third-order valence-corrected chi connectivity index (χ3v) is 4.16. The Bertz CT molecular complexity index is 836. The summed E-state index contributed by atoms with van der Waals surface area (Å²) < 4.78 is 21.3. The molecule has 0 bridgehead atoms. The predicted molar refractivity (Wildman–Crippen MR) is 89.6 cm³/mol. The van der Waals surface area contributed by atoms with E-state index in [-0.39, 0.29) is 22.8 Å². The van der Waals surface area contributed by atoms with Crippen molar-refractivity contribution in [3.05, 3.63) is 45.9 Å². The number of esters is 1. The largest absolute Gasteiger partial charge is 0.463 e.